The third kappa shape index (κ3) is 5.78. The van der Waals surface area contributed by atoms with Crippen LogP contribution < -0.4 is 5.30 Å². The Morgan fingerprint density at radius 3 is 1.77 bits per heavy atom. The SMILES string of the molecule is C=C/C=C\C(=C)Pc1ccc(-c2c3ccccc3c(/C(C)=C/C=C(\C)c3ccccc3)c3ccccc23)cc1. The third-order valence-electron chi connectivity index (χ3n) is 7.05. The Morgan fingerprint density at radius 2 is 1.18 bits per heavy atom. The highest BCUT2D eigenvalue weighted by Crippen LogP contribution is 2.41. The van der Waals surface area contributed by atoms with E-state index >= 15 is 0 Å². The Bertz CT molecular complexity index is 1690. The summed E-state index contributed by atoms with van der Waals surface area (Å²) in [5.41, 5.74) is 7.57. The molecular formula is C38H33P. The summed E-state index contributed by atoms with van der Waals surface area (Å²) in [6.07, 6.45) is 10.3. The number of allylic oxidation sites excluding steroid dienone is 8. The Morgan fingerprint density at radius 1 is 0.641 bits per heavy atom. The second kappa shape index (κ2) is 12.1. The molecule has 5 rings (SSSR count). The van der Waals surface area contributed by atoms with Gasteiger partial charge in [0.05, 0.1) is 0 Å². The largest absolute Gasteiger partial charge is 0.0991 e. The molecule has 0 aliphatic rings. The fourth-order valence-electron chi connectivity index (χ4n) is 5.13. The molecule has 39 heavy (non-hydrogen) atoms. The van der Waals surface area contributed by atoms with Gasteiger partial charge in [0.2, 0.25) is 0 Å². The lowest BCUT2D eigenvalue weighted by molar-refractivity contribution is 1.56. The lowest BCUT2D eigenvalue weighted by Crippen LogP contribution is -1.95. The number of benzene rings is 5. The summed E-state index contributed by atoms with van der Waals surface area (Å²) in [6, 6.07) is 37.2. The summed E-state index contributed by atoms with van der Waals surface area (Å²) in [5.74, 6) is 0. The zero-order chi connectivity index (χ0) is 27.2. The molecule has 1 unspecified atom stereocenters. The number of fused-ring (bicyclic) bond motifs is 2. The second-order valence-electron chi connectivity index (χ2n) is 9.73. The topological polar surface area (TPSA) is 0 Å². The van der Waals surface area contributed by atoms with Gasteiger partial charge in [-0.2, -0.15) is 0 Å². The van der Waals surface area contributed by atoms with Crippen LogP contribution >= 0.6 is 8.58 Å². The molecule has 0 aliphatic heterocycles. The summed E-state index contributed by atoms with van der Waals surface area (Å²) in [4.78, 5) is 0. The van der Waals surface area contributed by atoms with Crippen molar-refractivity contribution in [1.82, 2.24) is 0 Å². The van der Waals surface area contributed by atoms with E-state index in [0.29, 0.717) is 8.58 Å². The molecule has 0 aromatic heterocycles. The summed E-state index contributed by atoms with van der Waals surface area (Å²) in [5, 5.41) is 7.48. The first-order valence-corrected chi connectivity index (χ1v) is 14.3. The van der Waals surface area contributed by atoms with Crippen LogP contribution in [0.5, 0.6) is 0 Å². The van der Waals surface area contributed by atoms with Crippen molar-refractivity contribution in [2.75, 3.05) is 0 Å². The van der Waals surface area contributed by atoms with Gasteiger partial charge in [-0.15, -0.1) is 0 Å². The molecule has 0 fully saturated rings. The van der Waals surface area contributed by atoms with Gasteiger partial charge in [-0.1, -0.05) is 155 Å². The van der Waals surface area contributed by atoms with Gasteiger partial charge >= 0.3 is 0 Å². The quantitative estimate of drug-likeness (QED) is 0.108. The maximum Gasteiger partial charge on any atom is -0.00264 e. The molecule has 1 heteroatoms. The molecule has 0 heterocycles. The van der Waals surface area contributed by atoms with Gasteiger partial charge in [-0.25, -0.2) is 0 Å². The fourth-order valence-corrected chi connectivity index (χ4v) is 6.01. The van der Waals surface area contributed by atoms with Crippen LogP contribution in [0.25, 0.3) is 43.8 Å². The molecule has 5 aromatic carbocycles. The van der Waals surface area contributed by atoms with E-state index in [1.54, 1.807) is 6.08 Å². The van der Waals surface area contributed by atoms with Gasteiger partial charge in [0, 0.05) is 0 Å². The average Bonchev–Trinajstić information content (AvgIpc) is 2.98. The third-order valence-corrected chi connectivity index (χ3v) is 8.16. The molecule has 5 aromatic rings. The number of hydrogen-bond acceptors (Lipinski definition) is 0. The monoisotopic (exact) mass is 520 g/mol. The van der Waals surface area contributed by atoms with Crippen molar-refractivity contribution in [3.63, 3.8) is 0 Å². The van der Waals surface area contributed by atoms with Crippen molar-refractivity contribution in [3.05, 3.63) is 163 Å². The molecule has 0 amide bonds. The van der Waals surface area contributed by atoms with E-state index in [9.17, 15) is 0 Å². The molecule has 0 saturated heterocycles. The van der Waals surface area contributed by atoms with Crippen molar-refractivity contribution >= 4 is 46.6 Å². The van der Waals surface area contributed by atoms with Crippen LogP contribution in [0.3, 0.4) is 0 Å². The first-order chi connectivity index (χ1) is 19.1. The molecule has 0 spiro atoms. The molecule has 190 valence electrons. The van der Waals surface area contributed by atoms with E-state index < -0.39 is 0 Å². The van der Waals surface area contributed by atoms with Crippen molar-refractivity contribution < 1.29 is 0 Å². The van der Waals surface area contributed by atoms with Crippen molar-refractivity contribution in [2.24, 2.45) is 0 Å². The van der Waals surface area contributed by atoms with E-state index in [0.717, 1.165) is 5.31 Å². The molecule has 0 radical (unpaired) electrons. The highest BCUT2D eigenvalue weighted by molar-refractivity contribution is 7.52. The predicted octanol–water partition coefficient (Wildman–Crippen LogP) is 10.7. The van der Waals surface area contributed by atoms with Gasteiger partial charge < -0.3 is 0 Å². The Balaban J connectivity index is 1.63. The Kier molecular flexibility index (Phi) is 8.16. The van der Waals surface area contributed by atoms with Crippen LogP contribution in [0.4, 0.5) is 0 Å². The maximum atomic E-state index is 4.19. The molecule has 1 atom stereocenters. The van der Waals surface area contributed by atoms with Crippen molar-refractivity contribution in [2.45, 2.75) is 13.8 Å². The first kappa shape index (κ1) is 26.4. The first-order valence-electron chi connectivity index (χ1n) is 13.3. The lowest BCUT2D eigenvalue weighted by Gasteiger charge is -2.18. The molecule has 0 saturated carbocycles. The average molecular weight is 521 g/mol. The van der Waals surface area contributed by atoms with Gasteiger partial charge in [0.25, 0.3) is 0 Å². The highest BCUT2D eigenvalue weighted by atomic mass is 31.1. The molecule has 0 bridgehead atoms. The van der Waals surface area contributed by atoms with Crippen LogP contribution in [0.1, 0.15) is 25.0 Å². The summed E-state index contributed by atoms with van der Waals surface area (Å²) in [7, 11) is 0.544. The van der Waals surface area contributed by atoms with Gasteiger partial charge in [-0.05, 0) is 79.4 Å². The van der Waals surface area contributed by atoms with E-state index in [1.807, 2.05) is 12.2 Å². The maximum absolute atomic E-state index is 4.19. The molecular weight excluding hydrogens is 487 g/mol. The van der Waals surface area contributed by atoms with E-state index in [4.69, 9.17) is 0 Å². The van der Waals surface area contributed by atoms with Crippen LogP contribution in [0, 0.1) is 0 Å². The van der Waals surface area contributed by atoms with E-state index in [1.165, 1.54) is 60.2 Å². The minimum Gasteiger partial charge on any atom is -0.0991 e. The van der Waals surface area contributed by atoms with E-state index in [-0.39, 0.29) is 0 Å². The minimum absolute atomic E-state index is 0.544. The van der Waals surface area contributed by atoms with Gasteiger partial charge in [-0.3, -0.25) is 0 Å². The lowest BCUT2D eigenvalue weighted by atomic mass is 9.86. The fraction of sp³-hybridized carbons (Fsp3) is 0.0526. The Hall–Kier alpha value is -4.25. The zero-order valence-corrected chi connectivity index (χ0v) is 23.6. The summed E-state index contributed by atoms with van der Waals surface area (Å²) < 4.78 is 0. The van der Waals surface area contributed by atoms with Crippen molar-refractivity contribution in [3.8, 4) is 11.1 Å². The van der Waals surface area contributed by atoms with Crippen molar-refractivity contribution in [1.29, 1.82) is 0 Å². The smallest absolute Gasteiger partial charge is 0.00264 e. The van der Waals surface area contributed by atoms with Gasteiger partial charge in [0.1, 0.15) is 0 Å². The molecule has 0 N–H and O–H groups in total. The highest BCUT2D eigenvalue weighted by Gasteiger charge is 2.16. The van der Waals surface area contributed by atoms with Crippen LogP contribution in [0.15, 0.2) is 152 Å². The standard InChI is InChI=1S/C38H33P/c1-5-6-14-29(4)39-32-25-23-31(24-26-32)38-35-19-12-10-17-33(35)37(34-18-11-13-20-36(34)38)28(3)22-21-27(2)30-15-8-7-9-16-30/h5-26,39H,1,4H2,2-3H3/b14-6-,27-21+,28-22+. The number of hydrogen-bond donors (Lipinski definition) is 0. The summed E-state index contributed by atoms with van der Waals surface area (Å²) in [6.45, 7) is 12.3. The predicted molar refractivity (Wildman–Crippen MR) is 177 cm³/mol. The normalized spacial score (nSPS) is 12.7. The van der Waals surface area contributed by atoms with Gasteiger partial charge in [0.15, 0.2) is 0 Å². The van der Waals surface area contributed by atoms with Crippen LogP contribution in [-0.4, -0.2) is 0 Å². The van der Waals surface area contributed by atoms with E-state index in [2.05, 4.69) is 142 Å². The zero-order valence-electron chi connectivity index (χ0n) is 22.6. The molecule has 0 nitrogen and oxygen atoms in total. The summed E-state index contributed by atoms with van der Waals surface area (Å²) >= 11 is 0. The second-order valence-corrected chi connectivity index (χ2v) is 11.2. The number of rotatable bonds is 8. The van der Waals surface area contributed by atoms with Crippen LogP contribution in [0.2, 0.25) is 0 Å². The minimum atomic E-state index is 0.544. The van der Waals surface area contributed by atoms with Crippen LogP contribution in [-0.2, 0) is 0 Å². The molecule has 0 aliphatic carbocycles. The Labute approximate surface area is 234 Å².